The van der Waals surface area contributed by atoms with Gasteiger partial charge in [-0.2, -0.15) is 0 Å². The van der Waals surface area contributed by atoms with E-state index >= 15 is 0 Å². The van der Waals surface area contributed by atoms with Crippen molar-refractivity contribution in [2.45, 2.75) is 19.8 Å². The zero-order valence-electron chi connectivity index (χ0n) is 13.5. The number of hydrogen-bond acceptors (Lipinski definition) is 3. The number of carboxylic acid groups (broad SMARTS) is 1. The summed E-state index contributed by atoms with van der Waals surface area (Å²) in [5, 5.41) is 12.7. The number of hydrogen-bond donors (Lipinski definition) is 2. The Labute approximate surface area is 149 Å². The standard InChI is InChI=1S/C17H19ClN2O3S/c1-3-4-9-20(2)17(23)19-13-10-14(24-15(13)16(21)22)11-5-7-12(18)8-6-11/h5-8,10H,3-4,9H2,1-2H3,(H,19,23)(H,21,22). The molecule has 5 nitrogen and oxygen atoms in total. The van der Waals surface area contributed by atoms with Gasteiger partial charge in [0.1, 0.15) is 4.88 Å². The number of carbonyl (C=O) groups is 2. The van der Waals surface area contributed by atoms with Crippen molar-refractivity contribution in [3.8, 4) is 10.4 Å². The molecule has 0 spiro atoms. The van der Waals surface area contributed by atoms with Crippen molar-refractivity contribution in [1.82, 2.24) is 4.90 Å². The Bertz CT molecular complexity index is 728. The van der Waals surface area contributed by atoms with Gasteiger partial charge in [-0.15, -0.1) is 11.3 Å². The van der Waals surface area contributed by atoms with Crippen LogP contribution < -0.4 is 5.32 Å². The number of nitrogens with zero attached hydrogens (tertiary/aromatic N) is 1. The molecule has 0 bridgehead atoms. The van der Waals surface area contributed by atoms with E-state index in [4.69, 9.17) is 11.6 Å². The van der Waals surface area contributed by atoms with Crippen LogP contribution in [-0.2, 0) is 0 Å². The molecule has 0 aliphatic heterocycles. The minimum atomic E-state index is -1.06. The minimum absolute atomic E-state index is 0.109. The lowest BCUT2D eigenvalue weighted by molar-refractivity contribution is 0.0703. The van der Waals surface area contributed by atoms with Crippen LogP contribution in [0.2, 0.25) is 5.02 Å². The Morgan fingerprint density at radius 3 is 2.54 bits per heavy atom. The van der Waals surface area contributed by atoms with E-state index in [0.717, 1.165) is 34.6 Å². The lowest BCUT2D eigenvalue weighted by Gasteiger charge is -2.17. The van der Waals surface area contributed by atoms with Gasteiger partial charge in [-0.05, 0) is 30.2 Å². The molecule has 7 heteroatoms. The van der Waals surface area contributed by atoms with Crippen molar-refractivity contribution in [2.75, 3.05) is 18.9 Å². The van der Waals surface area contributed by atoms with E-state index in [9.17, 15) is 14.7 Å². The van der Waals surface area contributed by atoms with Gasteiger partial charge in [-0.25, -0.2) is 9.59 Å². The van der Waals surface area contributed by atoms with Crippen LogP contribution in [-0.4, -0.2) is 35.6 Å². The van der Waals surface area contributed by atoms with Crippen LogP contribution in [0.4, 0.5) is 10.5 Å². The summed E-state index contributed by atoms with van der Waals surface area (Å²) in [6.45, 7) is 2.67. The van der Waals surface area contributed by atoms with Crippen LogP contribution in [0.3, 0.4) is 0 Å². The number of unbranched alkanes of at least 4 members (excludes halogenated alkanes) is 1. The van der Waals surface area contributed by atoms with E-state index in [0.29, 0.717) is 17.3 Å². The predicted octanol–water partition coefficient (Wildman–Crippen LogP) is 5.03. The van der Waals surface area contributed by atoms with Crippen LogP contribution in [0.25, 0.3) is 10.4 Å². The molecule has 1 aromatic carbocycles. The van der Waals surface area contributed by atoms with Crippen LogP contribution >= 0.6 is 22.9 Å². The van der Waals surface area contributed by atoms with Gasteiger partial charge in [-0.3, -0.25) is 0 Å². The van der Waals surface area contributed by atoms with E-state index < -0.39 is 5.97 Å². The molecule has 0 aliphatic rings. The van der Waals surface area contributed by atoms with E-state index in [1.54, 1.807) is 30.1 Å². The summed E-state index contributed by atoms with van der Waals surface area (Å²) in [6.07, 6.45) is 1.88. The molecule has 2 N–H and O–H groups in total. The van der Waals surface area contributed by atoms with Crippen molar-refractivity contribution in [2.24, 2.45) is 0 Å². The largest absolute Gasteiger partial charge is 0.477 e. The second-order valence-corrected chi connectivity index (χ2v) is 6.86. The third kappa shape index (κ3) is 4.49. The molecule has 1 aromatic heterocycles. The summed E-state index contributed by atoms with van der Waals surface area (Å²) in [7, 11) is 1.69. The molecule has 2 aromatic rings. The average molecular weight is 367 g/mol. The van der Waals surface area contributed by atoms with Crippen molar-refractivity contribution in [1.29, 1.82) is 0 Å². The van der Waals surface area contributed by atoms with Crippen molar-refractivity contribution >= 4 is 40.6 Å². The molecule has 24 heavy (non-hydrogen) atoms. The monoisotopic (exact) mass is 366 g/mol. The van der Waals surface area contributed by atoms with Crippen LogP contribution in [0.15, 0.2) is 30.3 Å². The van der Waals surface area contributed by atoms with E-state index in [-0.39, 0.29) is 10.9 Å². The molecule has 0 radical (unpaired) electrons. The molecule has 0 unspecified atom stereocenters. The number of carboxylic acids is 1. The number of amides is 2. The Hall–Kier alpha value is -2.05. The van der Waals surface area contributed by atoms with Gasteiger partial charge in [0, 0.05) is 23.5 Å². The molecule has 0 aliphatic carbocycles. The van der Waals surface area contributed by atoms with Gasteiger partial charge in [0.25, 0.3) is 0 Å². The smallest absolute Gasteiger partial charge is 0.348 e. The normalized spacial score (nSPS) is 10.5. The molecular weight excluding hydrogens is 348 g/mol. The van der Waals surface area contributed by atoms with Gasteiger partial charge in [0.2, 0.25) is 0 Å². The summed E-state index contributed by atoms with van der Waals surface area (Å²) in [6, 6.07) is 8.49. The fraction of sp³-hybridized carbons (Fsp3) is 0.294. The third-order valence-corrected chi connectivity index (χ3v) is 4.91. The Morgan fingerprint density at radius 2 is 1.96 bits per heavy atom. The first kappa shape index (κ1) is 18.3. The topological polar surface area (TPSA) is 69.6 Å². The van der Waals surface area contributed by atoms with Crippen LogP contribution in [0.5, 0.6) is 0 Å². The van der Waals surface area contributed by atoms with Gasteiger partial charge in [0.05, 0.1) is 5.69 Å². The highest BCUT2D eigenvalue weighted by molar-refractivity contribution is 7.18. The Balaban J connectivity index is 2.24. The molecule has 2 rings (SSSR count). The summed E-state index contributed by atoms with van der Waals surface area (Å²) >= 11 is 7.00. The maximum atomic E-state index is 12.2. The Kier molecular flexibility index (Phi) is 6.23. The number of carbonyl (C=O) groups excluding carboxylic acids is 1. The van der Waals surface area contributed by atoms with E-state index in [1.807, 2.05) is 19.1 Å². The van der Waals surface area contributed by atoms with E-state index in [2.05, 4.69) is 5.32 Å². The number of benzene rings is 1. The lowest BCUT2D eigenvalue weighted by atomic mass is 10.2. The van der Waals surface area contributed by atoms with Crippen LogP contribution in [0.1, 0.15) is 29.4 Å². The first-order valence-corrected chi connectivity index (χ1v) is 8.77. The van der Waals surface area contributed by atoms with Crippen molar-refractivity contribution < 1.29 is 14.7 Å². The first-order valence-electron chi connectivity index (χ1n) is 7.57. The fourth-order valence-corrected chi connectivity index (χ4v) is 3.19. The SMILES string of the molecule is CCCCN(C)C(=O)Nc1cc(-c2ccc(Cl)cc2)sc1C(=O)O. The molecule has 0 atom stereocenters. The maximum Gasteiger partial charge on any atom is 0.348 e. The number of thiophene rings is 1. The van der Waals surface area contributed by atoms with E-state index in [1.165, 1.54) is 0 Å². The maximum absolute atomic E-state index is 12.2. The first-order chi connectivity index (χ1) is 11.4. The average Bonchev–Trinajstić information content (AvgIpc) is 2.97. The molecule has 1 heterocycles. The van der Waals surface area contributed by atoms with Crippen molar-refractivity contribution in [3.05, 3.63) is 40.2 Å². The molecule has 0 saturated carbocycles. The van der Waals surface area contributed by atoms with Crippen LogP contribution in [0, 0.1) is 0 Å². The highest BCUT2D eigenvalue weighted by Crippen LogP contribution is 2.35. The van der Waals surface area contributed by atoms with Gasteiger partial charge < -0.3 is 15.3 Å². The Morgan fingerprint density at radius 1 is 1.29 bits per heavy atom. The summed E-state index contributed by atoms with van der Waals surface area (Å²) < 4.78 is 0. The predicted molar refractivity (Wildman–Crippen MR) is 98.3 cm³/mol. The van der Waals surface area contributed by atoms with Gasteiger partial charge in [0.15, 0.2) is 0 Å². The molecule has 128 valence electrons. The number of aromatic carboxylic acids is 1. The highest BCUT2D eigenvalue weighted by Gasteiger charge is 2.19. The molecule has 0 fully saturated rings. The summed E-state index contributed by atoms with van der Waals surface area (Å²) in [4.78, 5) is 26.1. The third-order valence-electron chi connectivity index (χ3n) is 3.49. The zero-order chi connectivity index (χ0) is 17.7. The zero-order valence-corrected chi connectivity index (χ0v) is 15.1. The number of anilines is 1. The quantitative estimate of drug-likeness (QED) is 0.753. The second kappa shape index (κ2) is 8.17. The second-order valence-electron chi connectivity index (χ2n) is 5.37. The van der Waals surface area contributed by atoms with Gasteiger partial charge >= 0.3 is 12.0 Å². The number of urea groups is 1. The number of halogens is 1. The highest BCUT2D eigenvalue weighted by atomic mass is 35.5. The minimum Gasteiger partial charge on any atom is -0.477 e. The molecule has 2 amide bonds. The fourth-order valence-electron chi connectivity index (χ4n) is 2.11. The summed E-state index contributed by atoms with van der Waals surface area (Å²) in [5.41, 5.74) is 1.16. The number of nitrogens with one attached hydrogen (secondary N) is 1. The van der Waals surface area contributed by atoms with Crippen molar-refractivity contribution in [3.63, 3.8) is 0 Å². The lowest BCUT2D eigenvalue weighted by Crippen LogP contribution is -2.32. The van der Waals surface area contributed by atoms with Gasteiger partial charge in [-0.1, -0.05) is 37.1 Å². The summed E-state index contributed by atoms with van der Waals surface area (Å²) in [5.74, 6) is -1.06. The number of rotatable bonds is 6. The molecule has 0 saturated heterocycles. The molecular formula is C17H19ClN2O3S.